The molecule has 0 saturated heterocycles. The molecule has 0 atom stereocenters. The monoisotopic (exact) mass is 206 g/mol. The van der Waals surface area contributed by atoms with Crippen LogP contribution in [0.25, 0.3) is 11.5 Å². The zero-order valence-corrected chi connectivity index (χ0v) is 8.40. The summed E-state index contributed by atoms with van der Waals surface area (Å²) in [5, 5.41) is 0. The van der Waals surface area contributed by atoms with Gasteiger partial charge in [0.1, 0.15) is 5.69 Å². The number of aromatic nitrogens is 2. The van der Waals surface area contributed by atoms with Crippen LogP contribution >= 0.6 is 0 Å². The van der Waals surface area contributed by atoms with E-state index in [1.54, 1.807) is 18.4 Å². The Morgan fingerprint density at radius 3 is 3.00 bits per heavy atom. The van der Waals surface area contributed by atoms with Crippen LogP contribution in [0.2, 0.25) is 0 Å². The van der Waals surface area contributed by atoms with Crippen molar-refractivity contribution in [1.29, 1.82) is 0 Å². The van der Waals surface area contributed by atoms with Gasteiger partial charge < -0.3 is 14.1 Å². The first-order valence-corrected chi connectivity index (χ1v) is 4.41. The first-order valence-electron chi connectivity index (χ1n) is 4.41. The Labute approximate surface area is 86.1 Å². The van der Waals surface area contributed by atoms with E-state index in [4.69, 9.17) is 4.42 Å². The number of furan rings is 1. The lowest BCUT2D eigenvalue weighted by Crippen LogP contribution is -2.03. The molecule has 2 aromatic rings. The maximum absolute atomic E-state index is 11.2. The molecule has 0 aliphatic rings. The van der Waals surface area contributed by atoms with E-state index in [-0.39, 0.29) is 5.82 Å². The average Bonchev–Trinajstić information content (AvgIpc) is 2.84. The maximum Gasteiger partial charge on any atom is 0.374 e. The van der Waals surface area contributed by atoms with Gasteiger partial charge in [-0.25, -0.2) is 9.78 Å². The number of nitrogens with zero attached hydrogens (tertiary/aromatic N) is 1. The fourth-order valence-corrected chi connectivity index (χ4v) is 1.31. The zero-order valence-electron chi connectivity index (χ0n) is 8.40. The van der Waals surface area contributed by atoms with Gasteiger partial charge in [0.15, 0.2) is 5.76 Å². The number of carbonyl (C=O) groups excluding carboxylic acids is 1. The van der Waals surface area contributed by atoms with Crippen molar-refractivity contribution in [3.05, 3.63) is 29.9 Å². The third kappa shape index (κ3) is 1.63. The van der Waals surface area contributed by atoms with Crippen LogP contribution in [0.4, 0.5) is 0 Å². The molecule has 2 heterocycles. The highest BCUT2D eigenvalue weighted by Gasteiger charge is 2.16. The van der Waals surface area contributed by atoms with Crippen molar-refractivity contribution in [3.63, 3.8) is 0 Å². The van der Waals surface area contributed by atoms with Crippen LogP contribution in [0.5, 0.6) is 0 Å². The predicted molar refractivity (Wildman–Crippen MR) is 52.4 cm³/mol. The van der Waals surface area contributed by atoms with Crippen molar-refractivity contribution in [2.24, 2.45) is 0 Å². The molecule has 0 amide bonds. The summed E-state index contributed by atoms with van der Waals surface area (Å²) >= 11 is 0. The van der Waals surface area contributed by atoms with E-state index in [1.807, 2.05) is 6.92 Å². The van der Waals surface area contributed by atoms with E-state index in [0.29, 0.717) is 11.5 Å². The Morgan fingerprint density at radius 1 is 1.60 bits per heavy atom. The predicted octanol–water partition coefficient (Wildman–Crippen LogP) is 1.76. The highest BCUT2D eigenvalue weighted by Crippen LogP contribution is 2.21. The number of rotatable bonds is 2. The molecule has 2 aromatic heterocycles. The number of imidazole rings is 1. The summed E-state index contributed by atoms with van der Waals surface area (Å²) in [5.41, 5.74) is 1.39. The minimum atomic E-state index is -0.490. The molecule has 1 N–H and O–H groups in total. The van der Waals surface area contributed by atoms with Gasteiger partial charge in [-0.3, -0.25) is 0 Å². The summed E-state index contributed by atoms with van der Waals surface area (Å²) < 4.78 is 9.75. The third-order valence-corrected chi connectivity index (χ3v) is 2.02. The summed E-state index contributed by atoms with van der Waals surface area (Å²) in [6.45, 7) is 1.82. The van der Waals surface area contributed by atoms with Gasteiger partial charge in [0, 0.05) is 5.69 Å². The number of hydrogen-bond donors (Lipinski definition) is 1. The molecule has 0 aromatic carbocycles. The summed E-state index contributed by atoms with van der Waals surface area (Å²) in [7, 11) is 1.31. The lowest BCUT2D eigenvalue weighted by atomic mass is 10.3. The molecule has 0 aliphatic heterocycles. The van der Waals surface area contributed by atoms with Gasteiger partial charge in [0.05, 0.1) is 13.4 Å². The van der Waals surface area contributed by atoms with Gasteiger partial charge >= 0.3 is 5.97 Å². The molecule has 0 radical (unpaired) electrons. The Bertz CT molecular complexity index is 471. The molecule has 15 heavy (non-hydrogen) atoms. The Hall–Kier alpha value is -2.04. The molecule has 5 nitrogen and oxygen atoms in total. The van der Waals surface area contributed by atoms with Crippen LogP contribution in [0.1, 0.15) is 16.3 Å². The van der Waals surface area contributed by atoms with Crippen LogP contribution in [0, 0.1) is 6.92 Å². The van der Waals surface area contributed by atoms with Crippen LogP contribution in [0.3, 0.4) is 0 Å². The summed E-state index contributed by atoms with van der Waals surface area (Å²) in [6.07, 6.45) is 1.56. The number of aromatic amines is 1. The van der Waals surface area contributed by atoms with Crippen LogP contribution in [0.15, 0.2) is 22.8 Å². The SMILES string of the molecule is COC(=O)c1nc(-c2ccco2)c(C)[nH]1. The van der Waals surface area contributed by atoms with Crippen molar-refractivity contribution in [1.82, 2.24) is 9.97 Å². The highest BCUT2D eigenvalue weighted by atomic mass is 16.5. The van der Waals surface area contributed by atoms with E-state index < -0.39 is 5.97 Å². The van der Waals surface area contributed by atoms with Gasteiger partial charge in [0.2, 0.25) is 5.82 Å². The van der Waals surface area contributed by atoms with Crippen LogP contribution < -0.4 is 0 Å². The second kappa shape index (κ2) is 3.61. The fourth-order valence-electron chi connectivity index (χ4n) is 1.31. The minimum Gasteiger partial charge on any atom is -0.463 e. The molecule has 0 fully saturated rings. The van der Waals surface area contributed by atoms with E-state index in [1.165, 1.54) is 7.11 Å². The highest BCUT2D eigenvalue weighted by molar-refractivity contribution is 5.86. The van der Waals surface area contributed by atoms with Gasteiger partial charge in [-0.15, -0.1) is 0 Å². The second-order valence-electron chi connectivity index (χ2n) is 3.03. The quantitative estimate of drug-likeness (QED) is 0.760. The molecule has 0 bridgehead atoms. The molecule has 0 aliphatic carbocycles. The lowest BCUT2D eigenvalue weighted by Gasteiger charge is -1.91. The van der Waals surface area contributed by atoms with Gasteiger partial charge in [-0.2, -0.15) is 0 Å². The molecule has 78 valence electrons. The van der Waals surface area contributed by atoms with Gasteiger partial charge in [0.25, 0.3) is 0 Å². The van der Waals surface area contributed by atoms with Crippen LogP contribution in [-0.2, 0) is 4.74 Å². The Balaban J connectivity index is 2.42. The number of ether oxygens (including phenoxy) is 1. The second-order valence-corrected chi connectivity index (χ2v) is 3.03. The minimum absolute atomic E-state index is 0.182. The average molecular weight is 206 g/mol. The number of hydrogen-bond acceptors (Lipinski definition) is 4. The normalized spacial score (nSPS) is 10.3. The summed E-state index contributed by atoms with van der Waals surface area (Å²) in [5.74, 6) is 0.316. The summed E-state index contributed by atoms with van der Waals surface area (Å²) in [6, 6.07) is 3.55. The molecular weight excluding hydrogens is 196 g/mol. The number of carbonyl (C=O) groups is 1. The van der Waals surface area contributed by atoms with Gasteiger partial charge in [-0.1, -0.05) is 0 Å². The van der Waals surface area contributed by atoms with Crippen molar-refractivity contribution in [2.75, 3.05) is 7.11 Å². The van der Waals surface area contributed by atoms with Gasteiger partial charge in [-0.05, 0) is 19.1 Å². The first kappa shape index (κ1) is 9.51. The summed E-state index contributed by atoms with van der Waals surface area (Å²) in [4.78, 5) is 18.1. The van der Waals surface area contributed by atoms with Crippen molar-refractivity contribution in [2.45, 2.75) is 6.92 Å². The Morgan fingerprint density at radius 2 is 2.40 bits per heavy atom. The van der Waals surface area contributed by atoms with Crippen molar-refractivity contribution < 1.29 is 13.9 Å². The zero-order chi connectivity index (χ0) is 10.8. The number of esters is 1. The van der Waals surface area contributed by atoms with Crippen molar-refractivity contribution in [3.8, 4) is 11.5 Å². The molecule has 2 rings (SSSR count). The first-order chi connectivity index (χ1) is 7.22. The van der Waals surface area contributed by atoms with E-state index >= 15 is 0 Å². The number of H-pyrrole nitrogens is 1. The van der Waals surface area contributed by atoms with Crippen molar-refractivity contribution >= 4 is 5.97 Å². The van der Waals surface area contributed by atoms with Crippen LogP contribution in [-0.4, -0.2) is 23.0 Å². The Kier molecular flexibility index (Phi) is 2.29. The fraction of sp³-hybridized carbons (Fsp3) is 0.200. The lowest BCUT2D eigenvalue weighted by molar-refractivity contribution is 0.0588. The molecule has 0 saturated carbocycles. The number of methoxy groups -OCH3 is 1. The molecule has 5 heteroatoms. The molecule has 0 spiro atoms. The topological polar surface area (TPSA) is 68.1 Å². The molecular formula is C10H10N2O3. The third-order valence-electron chi connectivity index (χ3n) is 2.02. The smallest absolute Gasteiger partial charge is 0.374 e. The number of nitrogens with one attached hydrogen (secondary N) is 1. The van der Waals surface area contributed by atoms with E-state index in [2.05, 4.69) is 14.7 Å². The maximum atomic E-state index is 11.2. The van der Waals surface area contributed by atoms with E-state index in [0.717, 1.165) is 5.69 Å². The molecule has 0 unspecified atom stereocenters. The standard InChI is InChI=1S/C10H10N2O3/c1-6-8(7-4-3-5-15-7)12-9(11-6)10(13)14-2/h3-5H,1-2H3,(H,11,12). The largest absolute Gasteiger partial charge is 0.463 e. The van der Waals surface area contributed by atoms with E-state index in [9.17, 15) is 4.79 Å². The number of aryl methyl sites for hydroxylation is 1.